The minimum Gasteiger partial charge on any atom is -0.352 e. The number of piperidine rings is 1. The molecular weight excluding hydrogens is 423 g/mol. The smallest absolute Gasteiger partial charge is 0.240 e. The van der Waals surface area contributed by atoms with Crippen LogP contribution < -0.4 is 10.0 Å². The lowest BCUT2D eigenvalue weighted by Crippen LogP contribution is -2.43. The van der Waals surface area contributed by atoms with E-state index >= 15 is 0 Å². The molecule has 1 aromatic carbocycles. The number of rotatable bonds is 8. The number of aromatic nitrogens is 1. The molecule has 1 fully saturated rings. The molecule has 10 heteroatoms. The summed E-state index contributed by atoms with van der Waals surface area (Å²) in [6, 6.07) is 8.17. The summed E-state index contributed by atoms with van der Waals surface area (Å²) in [5.41, 5.74) is 0.923. The van der Waals surface area contributed by atoms with Gasteiger partial charge in [0.2, 0.25) is 21.8 Å². The van der Waals surface area contributed by atoms with Crippen LogP contribution in [0.25, 0.3) is 0 Å². The molecule has 0 radical (unpaired) electrons. The number of likely N-dealkylation sites (tertiary alicyclic amines) is 1. The fourth-order valence-corrected chi connectivity index (χ4v) is 4.41. The van der Waals surface area contributed by atoms with E-state index in [1.807, 2.05) is 12.1 Å². The molecule has 0 saturated carbocycles. The number of hydrogen-bond acceptors (Lipinski definition) is 5. The van der Waals surface area contributed by atoms with Crippen LogP contribution in [-0.4, -0.2) is 49.8 Å². The van der Waals surface area contributed by atoms with Crippen molar-refractivity contribution in [2.45, 2.75) is 30.7 Å². The number of pyridine rings is 1. The predicted molar refractivity (Wildman–Crippen MR) is 112 cm³/mol. The molecule has 2 amide bonds. The van der Waals surface area contributed by atoms with Crippen LogP contribution in [0.2, 0.25) is 0 Å². The quantitative estimate of drug-likeness (QED) is 0.635. The van der Waals surface area contributed by atoms with E-state index in [1.165, 1.54) is 12.1 Å². The number of hydrogen-bond donors (Lipinski definition) is 2. The van der Waals surface area contributed by atoms with Crippen molar-refractivity contribution in [1.29, 1.82) is 0 Å². The molecule has 2 heterocycles. The molecule has 0 atom stereocenters. The fourth-order valence-electron chi connectivity index (χ4n) is 3.37. The number of amides is 2. The molecular formula is C21H25FN4O4S. The van der Waals surface area contributed by atoms with E-state index in [2.05, 4.69) is 15.0 Å². The number of nitrogens with zero attached hydrogens (tertiary/aromatic N) is 2. The number of carbonyl (C=O) groups is 2. The van der Waals surface area contributed by atoms with Crippen molar-refractivity contribution in [1.82, 2.24) is 19.9 Å². The van der Waals surface area contributed by atoms with Gasteiger partial charge in [-0.2, -0.15) is 0 Å². The Morgan fingerprint density at radius 3 is 2.48 bits per heavy atom. The molecule has 1 aliphatic heterocycles. The van der Waals surface area contributed by atoms with E-state index < -0.39 is 15.8 Å². The summed E-state index contributed by atoms with van der Waals surface area (Å²) in [5.74, 6) is -0.889. The first-order chi connectivity index (χ1) is 14.8. The van der Waals surface area contributed by atoms with Crippen molar-refractivity contribution >= 4 is 21.8 Å². The predicted octanol–water partition coefficient (Wildman–Crippen LogP) is 1.44. The lowest BCUT2D eigenvalue weighted by molar-refractivity contribution is -0.135. The molecule has 0 aliphatic carbocycles. The first-order valence-corrected chi connectivity index (χ1v) is 11.5. The number of benzene rings is 1. The molecule has 8 nitrogen and oxygen atoms in total. The van der Waals surface area contributed by atoms with Crippen LogP contribution in [0.15, 0.2) is 53.7 Å². The third kappa shape index (κ3) is 6.56. The Morgan fingerprint density at radius 2 is 1.84 bits per heavy atom. The second-order valence-corrected chi connectivity index (χ2v) is 9.10. The summed E-state index contributed by atoms with van der Waals surface area (Å²) in [6.07, 6.45) is 4.51. The average Bonchev–Trinajstić information content (AvgIpc) is 2.78. The van der Waals surface area contributed by atoms with E-state index in [4.69, 9.17) is 0 Å². The van der Waals surface area contributed by atoms with Gasteiger partial charge in [-0.15, -0.1) is 0 Å². The number of halogens is 1. The summed E-state index contributed by atoms with van der Waals surface area (Å²) in [6.45, 7) is 1.27. The lowest BCUT2D eigenvalue weighted by atomic mass is 9.95. The standard InChI is InChI=1S/C21H25FN4O4S/c22-18-3-5-19(6-4-18)31(29,30)25-11-7-20(27)26-12-8-17(9-13-26)21(28)24-15-16-2-1-10-23-14-16/h1-6,10,14,17,25H,7-9,11-13,15H2,(H,24,28). The van der Waals surface area contributed by atoms with Gasteiger partial charge in [0, 0.05) is 50.9 Å². The monoisotopic (exact) mass is 448 g/mol. The second kappa shape index (κ2) is 10.5. The van der Waals surface area contributed by atoms with E-state index in [1.54, 1.807) is 17.3 Å². The molecule has 31 heavy (non-hydrogen) atoms. The van der Waals surface area contributed by atoms with Crippen LogP contribution in [0.4, 0.5) is 4.39 Å². The van der Waals surface area contributed by atoms with Gasteiger partial charge in [-0.05, 0) is 48.7 Å². The van der Waals surface area contributed by atoms with Crippen molar-refractivity contribution in [2.24, 2.45) is 5.92 Å². The topological polar surface area (TPSA) is 108 Å². The summed E-state index contributed by atoms with van der Waals surface area (Å²) in [7, 11) is -3.80. The van der Waals surface area contributed by atoms with Crippen LogP contribution in [-0.2, 0) is 26.2 Å². The Morgan fingerprint density at radius 1 is 1.13 bits per heavy atom. The van der Waals surface area contributed by atoms with Crippen molar-refractivity contribution in [2.75, 3.05) is 19.6 Å². The molecule has 0 bridgehead atoms. The largest absolute Gasteiger partial charge is 0.352 e. The maximum absolute atomic E-state index is 12.9. The first kappa shape index (κ1) is 22.8. The second-order valence-electron chi connectivity index (χ2n) is 7.34. The van der Waals surface area contributed by atoms with Gasteiger partial charge in [-0.25, -0.2) is 17.5 Å². The summed E-state index contributed by atoms with van der Waals surface area (Å²) in [5, 5.41) is 2.90. The van der Waals surface area contributed by atoms with E-state index in [0.29, 0.717) is 32.5 Å². The van der Waals surface area contributed by atoms with Gasteiger partial charge in [-0.3, -0.25) is 14.6 Å². The minimum absolute atomic E-state index is 0.0122. The van der Waals surface area contributed by atoms with E-state index in [0.717, 1.165) is 17.7 Å². The number of nitrogens with one attached hydrogen (secondary N) is 2. The van der Waals surface area contributed by atoms with Gasteiger partial charge >= 0.3 is 0 Å². The molecule has 0 spiro atoms. The van der Waals surface area contributed by atoms with Crippen molar-refractivity contribution in [3.8, 4) is 0 Å². The molecule has 0 unspecified atom stereocenters. The molecule has 3 rings (SSSR count). The zero-order valence-corrected chi connectivity index (χ0v) is 17.8. The zero-order chi connectivity index (χ0) is 22.3. The van der Waals surface area contributed by atoms with Gasteiger partial charge in [0.25, 0.3) is 0 Å². The summed E-state index contributed by atoms with van der Waals surface area (Å²) in [4.78, 5) is 30.3. The molecule has 1 saturated heterocycles. The fraction of sp³-hybridized carbons (Fsp3) is 0.381. The van der Waals surface area contributed by atoms with Gasteiger partial charge in [0.1, 0.15) is 5.82 Å². The zero-order valence-electron chi connectivity index (χ0n) is 17.0. The molecule has 2 aromatic rings. The average molecular weight is 449 g/mol. The first-order valence-electron chi connectivity index (χ1n) is 10.0. The Hall–Kier alpha value is -2.85. The lowest BCUT2D eigenvalue weighted by Gasteiger charge is -2.31. The Balaban J connectivity index is 1.38. The maximum Gasteiger partial charge on any atom is 0.240 e. The SMILES string of the molecule is O=C(NCc1cccnc1)C1CCN(C(=O)CCNS(=O)(=O)c2ccc(F)cc2)CC1. The van der Waals surface area contributed by atoms with Gasteiger partial charge in [-0.1, -0.05) is 6.07 Å². The van der Waals surface area contributed by atoms with E-state index in [9.17, 15) is 22.4 Å². The van der Waals surface area contributed by atoms with Gasteiger partial charge in [0.15, 0.2) is 0 Å². The maximum atomic E-state index is 12.9. The van der Waals surface area contributed by atoms with Crippen molar-refractivity contribution < 1.29 is 22.4 Å². The highest BCUT2D eigenvalue weighted by Gasteiger charge is 2.27. The van der Waals surface area contributed by atoms with Crippen LogP contribution >= 0.6 is 0 Å². The third-order valence-corrected chi connectivity index (χ3v) is 6.64. The molecule has 1 aliphatic rings. The number of sulfonamides is 1. The molecule has 2 N–H and O–H groups in total. The molecule has 1 aromatic heterocycles. The highest BCUT2D eigenvalue weighted by Crippen LogP contribution is 2.18. The highest BCUT2D eigenvalue weighted by molar-refractivity contribution is 7.89. The van der Waals surface area contributed by atoms with E-state index in [-0.39, 0.29) is 35.6 Å². The van der Waals surface area contributed by atoms with Gasteiger partial charge in [0.05, 0.1) is 4.90 Å². The van der Waals surface area contributed by atoms with Crippen molar-refractivity contribution in [3.05, 3.63) is 60.2 Å². The molecule has 166 valence electrons. The van der Waals surface area contributed by atoms with Gasteiger partial charge < -0.3 is 10.2 Å². The van der Waals surface area contributed by atoms with Crippen molar-refractivity contribution in [3.63, 3.8) is 0 Å². The highest BCUT2D eigenvalue weighted by atomic mass is 32.2. The Kier molecular flexibility index (Phi) is 7.69. The summed E-state index contributed by atoms with van der Waals surface area (Å²) >= 11 is 0. The van der Waals surface area contributed by atoms with Crippen LogP contribution in [0.1, 0.15) is 24.8 Å². The van der Waals surface area contributed by atoms with Crippen LogP contribution in [0, 0.1) is 11.7 Å². The Labute approximate surface area is 180 Å². The number of carbonyl (C=O) groups excluding carboxylic acids is 2. The summed E-state index contributed by atoms with van der Waals surface area (Å²) < 4.78 is 39.7. The Bertz CT molecular complexity index is 992. The van der Waals surface area contributed by atoms with Crippen LogP contribution in [0.3, 0.4) is 0 Å². The van der Waals surface area contributed by atoms with Crippen LogP contribution in [0.5, 0.6) is 0 Å². The normalized spacial score (nSPS) is 14.9. The minimum atomic E-state index is -3.80. The third-order valence-electron chi connectivity index (χ3n) is 5.16.